The van der Waals surface area contributed by atoms with Crippen LogP contribution in [0.25, 0.3) is 0 Å². The largest absolute Gasteiger partial charge is 0.756 e. The van der Waals surface area contributed by atoms with Crippen LogP contribution in [0.1, 0.15) is 206 Å². The van der Waals surface area contributed by atoms with Gasteiger partial charge in [0.25, 0.3) is 7.82 Å². The number of amides is 1. The maximum atomic E-state index is 12.9. The van der Waals surface area contributed by atoms with E-state index < -0.39 is 20.0 Å². The third-order valence-corrected chi connectivity index (χ3v) is 11.5. The topological polar surface area (TPSA) is 108 Å². The number of rotatable bonds is 43. The Labute approximate surface area is 359 Å². The van der Waals surface area contributed by atoms with Crippen LogP contribution in [0.3, 0.4) is 0 Å². The van der Waals surface area contributed by atoms with Gasteiger partial charge in [0, 0.05) is 6.42 Å². The predicted octanol–water partition coefficient (Wildman–Crippen LogP) is 13.0. The van der Waals surface area contributed by atoms with Gasteiger partial charge in [0.05, 0.1) is 39.9 Å². The highest BCUT2D eigenvalue weighted by atomic mass is 31.2. The minimum absolute atomic E-state index is 0.00999. The Hall–Kier alpha value is -1.54. The van der Waals surface area contributed by atoms with Gasteiger partial charge >= 0.3 is 0 Å². The number of hydrogen-bond acceptors (Lipinski definition) is 6. The number of carbonyl (C=O) groups excluding carboxylic acids is 1. The average molecular weight is 837 g/mol. The maximum absolute atomic E-state index is 12.9. The van der Waals surface area contributed by atoms with Gasteiger partial charge in [-0.15, -0.1) is 0 Å². The van der Waals surface area contributed by atoms with Crippen LogP contribution in [0.4, 0.5) is 0 Å². The van der Waals surface area contributed by atoms with Crippen LogP contribution in [0.15, 0.2) is 48.6 Å². The molecule has 1 amide bonds. The first-order chi connectivity index (χ1) is 28.0. The maximum Gasteiger partial charge on any atom is 0.268 e. The summed E-state index contributed by atoms with van der Waals surface area (Å²) in [4.78, 5) is 25.4. The molecule has 9 heteroatoms. The monoisotopic (exact) mass is 837 g/mol. The Bertz CT molecular complexity index is 1090. The molecule has 0 rings (SSSR count). The molecule has 0 aliphatic carbocycles. The normalized spacial score (nSPS) is 14.7. The molecule has 0 fully saturated rings. The van der Waals surface area contributed by atoms with E-state index in [1.165, 1.54) is 116 Å². The lowest BCUT2D eigenvalue weighted by atomic mass is 10.0. The summed E-state index contributed by atoms with van der Waals surface area (Å²) in [5, 5.41) is 13.9. The molecule has 0 bridgehead atoms. The van der Waals surface area contributed by atoms with E-state index in [-0.39, 0.29) is 19.1 Å². The van der Waals surface area contributed by atoms with Gasteiger partial charge in [0.15, 0.2) is 0 Å². The van der Waals surface area contributed by atoms with Gasteiger partial charge < -0.3 is 28.8 Å². The number of quaternary nitrogens is 1. The van der Waals surface area contributed by atoms with E-state index >= 15 is 0 Å². The van der Waals surface area contributed by atoms with Crippen molar-refractivity contribution >= 4 is 13.7 Å². The summed E-state index contributed by atoms with van der Waals surface area (Å²) in [6.45, 7) is 4.60. The minimum Gasteiger partial charge on any atom is -0.756 e. The van der Waals surface area contributed by atoms with Crippen molar-refractivity contribution in [3.05, 3.63) is 48.6 Å². The average Bonchev–Trinajstić information content (AvgIpc) is 3.17. The third-order valence-electron chi connectivity index (χ3n) is 10.6. The van der Waals surface area contributed by atoms with E-state index in [9.17, 15) is 19.4 Å². The summed E-state index contributed by atoms with van der Waals surface area (Å²) < 4.78 is 23.3. The second-order valence-electron chi connectivity index (χ2n) is 17.4. The quantitative estimate of drug-likeness (QED) is 0.0274. The first-order valence-corrected chi connectivity index (χ1v) is 25.4. The van der Waals surface area contributed by atoms with Gasteiger partial charge in [-0.1, -0.05) is 197 Å². The Kier molecular flexibility index (Phi) is 39.8. The van der Waals surface area contributed by atoms with Crippen molar-refractivity contribution in [2.45, 2.75) is 219 Å². The minimum atomic E-state index is -4.57. The number of aliphatic hydroxyl groups is 1. The van der Waals surface area contributed by atoms with Gasteiger partial charge in [-0.3, -0.25) is 9.36 Å². The number of phosphoric ester groups is 1. The summed E-state index contributed by atoms with van der Waals surface area (Å²) in [7, 11) is 1.30. The molecular weight excluding hydrogens is 744 g/mol. The molecule has 0 spiro atoms. The van der Waals surface area contributed by atoms with Crippen LogP contribution in [0, 0.1) is 0 Å². The second kappa shape index (κ2) is 40.8. The molecule has 3 unspecified atom stereocenters. The number of nitrogens with zero attached hydrogens (tertiary/aromatic N) is 1. The molecule has 0 aliphatic rings. The highest BCUT2D eigenvalue weighted by molar-refractivity contribution is 7.45. The summed E-state index contributed by atoms with van der Waals surface area (Å²) in [6.07, 6.45) is 51.1. The number of phosphoric acid groups is 1. The van der Waals surface area contributed by atoms with Crippen molar-refractivity contribution < 1.29 is 32.9 Å². The Balaban J connectivity index is 4.26. The molecular formula is C49H93N2O6P. The molecule has 340 valence electrons. The predicted molar refractivity (Wildman–Crippen MR) is 247 cm³/mol. The lowest BCUT2D eigenvalue weighted by molar-refractivity contribution is -0.870. The molecule has 0 aromatic carbocycles. The van der Waals surface area contributed by atoms with Gasteiger partial charge in [0.1, 0.15) is 13.2 Å². The molecule has 8 nitrogen and oxygen atoms in total. The smallest absolute Gasteiger partial charge is 0.268 e. The number of aliphatic hydroxyl groups excluding tert-OH is 1. The number of unbranched alkanes of at least 4 members (excludes halogenated alkanes) is 22. The van der Waals surface area contributed by atoms with Crippen molar-refractivity contribution in [1.82, 2.24) is 5.32 Å². The summed E-state index contributed by atoms with van der Waals surface area (Å²) in [5.74, 6) is -0.171. The van der Waals surface area contributed by atoms with E-state index in [4.69, 9.17) is 9.05 Å². The number of likely N-dealkylation sites (N-methyl/N-ethyl adjacent to an activating group) is 1. The molecule has 0 aromatic heterocycles. The molecule has 2 N–H and O–H groups in total. The van der Waals surface area contributed by atoms with Crippen molar-refractivity contribution in [2.24, 2.45) is 0 Å². The molecule has 3 atom stereocenters. The van der Waals surface area contributed by atoms with E-state index in [2.05, 4.69) is 67.8 Å². The van der Waals surface area contributed by atoms with E-state index in [0.717, 1.165) is 64.2 Å². The SMILES string of the molecule is CC/C=C\C/C=C\C/C=C\C/C=C\CCCCCCCCCCCCC(=O)NC(COP(=O)([O-])OCC[N+](C)(C)C)C(O)CCCCCCCCCCCCCCC. The summed E-state index contributed by atoms with van der Waals surface area (Å²) in [5.41, 5.74) is 0. The van der Waals surface area contributed by atoms with Crippen LogP contribution in [-0.4, -0.2) is 68.5 Å². The molecule has 0 saturated heterocycles. The van der Waals surface area contributed by atoms with E-state index in [1.54, 1.807) is 0 Å². The summed E-state index contributed by atoms with van der Waals surface area (Å²) in [6, 6.07) is -0.803. The number of allylic oxidation sites excluding steroid dienone is 8. The van der Waals surface area contributed by atoms with Crippen molar-refractivity contribution in [3.8, 4) is 0 Å². The summed E-state index contributed by atoms with van der Waals surface area (Å²) >= 11 is 0. The van der Waals surface area contributed by atoms with Gasteiger partial charge in [-0.25, -0.2) is 0 Å². The molecule has 0 heterocycles. The fraction of sp³-hybridized carbons (Fsp3) is 0.816. The molecule has 0 aliphatic heterocycles. The Morgan fingerprint density at radius 1 is 0.621 bits per heavy atom. The molecule has 58 heavy (non-hydrogen) atoms. The number of nitrogens with one attached hydrogen (secondary N) is 1. The van der Waals surface area contributed by atoms with Crippen molar-refractivity contribution in [3.63, 3.8) is 0 Å². The van der Waals surface area contributed by atoms with E-state index in [0.29, 0.717) is 23.9 Å². The lowest BCUT2D eigenvalue weighted by Gasteiger charge is -2.30. The number of carbonyl (C=O) groups is 1. The van der Waals surface area contributed by atoms with Gasteiger partial charge in [-0.2, -0.15) is 0 Å². The third kappa shape index (κ3) is 42.6. The van der Waals surface area contributed by atoms with Crippen molar-refractivity contribution in [1.29, 1.82) is 0 Å². The number of hydrogen-bond donors (Lipinski definition) is 2. The van der Waals surface area contributed by atoms with Gasteiger partial charge in [0.2, 0.25) is 5.91 Å². The van der Waals surface area contributed by atoms with Crippen LogP contribution in [0.2, 0.25) is 0 Å². The van der Waals surface area contributed by atoms with Gasteiger partial charge in [-0.05, 0) is 51.4 Å². The lowest BCUT2D eigenvalue weighted by Crippen LogP contribution is -2.46. The van der Waals surface area contributed by atoms with Crippen LogP contribution in [-0.2, 0) is 18.4 Å². The molecule has 0 saturated carbocycles. The Morgan fingerprint density at radius 2 is 1.05 bits per heavy atom. The highest BCUT2D eigenvalue weighted by Crippen LogP contribution is 2.38. The fourth-order valence-electron chi connectivity index (χ4n) is 6.80. The van der Waals surface area contributed by atoms with Crippen LogP contribution in [0.5, 0.6) is 0 Å². The molecule has 0 aromatic rings. The zero-order chi connectivity index (χ0) is 42.8. The standard InChI is InChI=1S/C49H93N2O6P/c1-6-8-10-12-14-16-18-20-21-22-23-24-25-26-27-28-29-31-33-35-37-39-41-43-49(53)50-47(46-57-58(54,55)56-45-44-51(3,4)5)48(52)42-40-38-36-34-32-30-19-17-15-13-11-9-7-2/h8,10,14,16,20-21,23-24,47-48,52H,6-7,9,11-13,15,17-19,22,25-46H2,1-5H3,(H-,50,53,54,55)/b10-8-,16-14-,21-20-,24-23-. The first kappa shape index (κ1) is 56.5. The highest BCUT2D eigenvalue weighted by Gasteiger charge is 2.24. The zero-order valence-electron chi connectivity index (χ0n) is 38.5. The van der Waals surface area contributed by atoms with Crippen molar-refractivity contribution in [2.75, 3.05) is 40.9 Å². The molecule has 0 radical (unpaired) electrons. The Morgan fingerprint density at radius 3 is 1.53 bits per heavy atom. The first-order valence-electron chi connectivity index (χ1n) is 24.0. The van der Waals surface area contributed by atoms with Crippen LogP contribution >= 0.6 is 7.82 Å². The van der Waals surface area contributed by atoms with E-state index in [1.807, 2.05) is 21.1 Å². The van der Waals surface area contributed by atoms with Crippen LogP contribution < -0.4 is 10.2 Å². The zero-order valence-corrected chi connectivity index (χ0v) is 39.4. The second-order valence-corrected chi connectivity index (χ2v) is 18.8. The fourth-order valence-corrected chi connectivity index (χ4v) is 7.52.